The molecule has 1 saturated carbocycles. The van der Waals surface area contributed by atoms with Crippen LogP contribution < -0.4 is 21.1 Å². The molecule has 180 valence electrons. The van der Waals surface area contributed by atoms with E-state index >= 15 is 0 Å². The summed E-state index contributed by atoms with van der Waals surface area (Å²) in [6.45, 7) is 5.38. The summed E-state index contributed by atoms with van der Waals surface area (Å²) in [5.41, 5.74) is 11.5. The third-order valence-corrected chi connectivity index (χ3v) is 6.76. The van der Waals surface area contributed by atoms with Crippen LogP contribution in [0.5, 0.6) is 5.75 Å². The molecule has 3 aromatic rings. The van der Waals surface area contributed by atoms with Crippen molar-refractivity contribution in [2.75, 3.05) is 24.3 Å². The monoisotopic (exact) mass is 462 g/mol. The number of benzene rings is 2. The minimum Gasteiger partial charge on any atom is -0.490 e. The number of ether oxygens (including phenoxy) is 2. The molecule has 2 amide bonds. The average Bonchev–Trinajstić information content (AvgIpc) is 3.05. The Kier molecular flexibility index (Phi) is 6.37. The highest BCUT2D eigenvalue weighted by Crippen LogP contribution is 2.45. The molecule has 2 aromatic carbocycles. The smallest absolute Gasteiger partial charge is 0.319 e. The molecular weight excluding hydrogens is 428 g/mol. The van der Waals surface area contributed by atoms with E-state index in [9.17, 15) is 4.79 Å². The molecule has 7 heteroatoms. The molecule has 1 aliphatic heterocycles. The third-order valence-electron chi connectivity index (χ3n) is 6.76. The van der Waals surface area contributed by atoms with Crippen LogP contribution in [0.15, 0.2) is 42.5 Å². The molecule has 2 aliphatic rings. The summed E-state index contributed by atoms with van der Waals surface area (Å²) < 4.78 is 14.2. The number of nitrogens with zero attached hydrogens (tertiary/aromatic N) is 1. The normalized spacial score (nSPS) is 17.0. The Morgan fingerprint density at radius 1 is 1.09 bits per heavy atom. The number of nitrogen functional groups attached to an aromatic ring is 1. The quantitative estimate of drug-likeness (QED) is 0.438. The first-order chi connectivity index (χ1) is 16.5. The number of nitrogens with two attached hydrogens (primary N) is 1. The van der Waals surface area contributed by atoms with Gasteiger partial charge in [-0.1, -0.05) is 12.1 Å². The Hall–Kier alpha value is -3.19. The summed E-state index contributed by atoms with van der Waals surface area (Å²) in [5, 5.41) is 6.79. The minimum absolute atomic E-state index is 0.0811. The van der Waals surface area contributed by atoms with Crippen LogP contribution in [0.4, 0.5) is 16.2 Å². The minimum atomic E-state index is -0.206. The fourth-order valence-electron chi connectivity index (χ4n) is 4.84. The highest BCUT2D eigenvalue weighted by Gasteiger charge is 2.27. The zero-order valence-corrected chi connectivity index (χ0v) is 20.0. The van der Waals surface area contributed by atoms with Gasteiger partial charge in [0, 0.05) is 47.6 Å². The Bertz CT molecular complexity index is 1160. The lowest BCUT2D eigenvalue weighted by atomic mass is 9.92. The molecule has 34 heavy (non-hydrogen) atoms. The Morgan fingerprint density at radius 3 is 2.47 bits per heavy atom. The Balaban J connectivity index is 1.47. The maximum Gasteiger partial charge on any atom is 0.319 e. The number of urea groups is 1. The Morgan fingerprint density at radius 2 is 1.82 bits per heavy atom. The first kappa shape index (κ1) is 22.6. The van der Waals surface area contributed by atoms with Gasteiger partial charge >= 0.3 is 6.03 Å². The molecule has 5 rings (SSSR count). The van der Waals surface area contributed by atoms with Gasteiger partial charge in [0.05, 0.1) is 30.1 Å². The van der Waals surface area contributed by atoms with Gasteiger partial charge in [0.15, 0.2) is 0 Å². The largest absolute Gasteiger partial charge is 0.490 e. The van der Waals surface area contributed by atoms with Crippen molar-refractivity contribution in [1.82, 2.24) is 9.88 Å². The molecule has 1 saturated heterocycles. The van der Waals surface area contributed by atoms with Crippen LogP contribution in [-0.4, -0.2) is 36.0 Å². The number of nitrogens with one attached hydrogen (secondary N) is 2. The van der Waals surface area contributed by atoms with Crippen LogP contribution >= 0.6 is 0 Å². The van der Waals surface area contributed by atoms with Crippen molar-refractivity contribution >= 4 is 28.3 Å². The molecule has 2 fully saturated rings. The van der Waals surface area contributed by atoms with Crippen molar-refractivity contribution in [3.8, 4) is 17.0 Å². The molecule has 1 aliphatic carbocycles. The zero-order chi connectivity index (χ0) is 23.7. The van der Waals surface area contributed by atoms with E-state index in [-0.39, 0.29) is 18.2 Å². The summed E-state index contributed by atoms with van der Waals surface area (Å²) in [4.78, 5) is 12.0. The van der Waals surface area contributed by atoms with E-state index in [4.69, 9.17) is 15.2 Å². The zero-order valence-electron chi connectivity index (χ0n) is 20.0. The van der Waals surface area contributed by atoms with Crippen LogP contribution in [0.1, 0.15) is 52.0 Å². The van der Waals surface area contributed by atoms with E-state index in [1.54, 1.807) is 0 Å². The van der Waals surface area contributed by atoms with Gasteiger partial charge in [0.1, 0.15) is 11.9 Å². The fraction of sp³-hybridized carbons (Fsp3) is 0.444. The van der Waals surface area contributed by atoms with Crippen LogP contribution in [-0.2, 0) is 4.74 Å². The standard InChI is InChI=1S/C27H34N4O3/c1-17(2)29-27(32)30-19-8-6-18(7-9-19)26-25(28)23-11-10-22(34-21-12-14-33-15-13-21)16-24(23)31(26)20-4-3-5-20/h6-11,16-17,20-21H,3-5,12-15,28H2,1-2H3,(H2,29,30,32). The molecular formula is C27H34N4O3. The van der Waals surface area contributed by atoms with Gasteiger partial charge in [0.25, 0.3) is 0 Å². The van der Waals surface area contributed by atoms with Gasteiger partial charge in [-0.2, -0.15) is 0 Å². The summed E-state index contributed by atoms with van der Waals surface area (Å²) in [5.74, 6) is 0.889. The molecule has 0 spiro atoms. The molecule has 2 heterocycles. The lowest BCUT2D eigenvalue weighted by Gasteiger charge is -2.30. The van der Waals surface area contributed by atoms with Gasteiger partial charge in [-0.15, -0.1) is 0 Å². The number of carbonyl (C=O) groups excluding carboxylic acids is 1. The van der Waals surface area contributed by atoms with E-state index < -0.39 is 0 Å². The molecule has 7 nitrogen and oxygen atoms in total. The Labute approximate surface area is 200 Å². The summed E-state index contributed by atoms with van der Waals surface area (Å²) in [7, 11) is 0. The first-order valence-electron chi connectivity index (χ1n) is 12.4. The number of amides is 2. The fourth-order valence-corrected chi connectivity index (χ4v) is 4.84. The van der Waals surface area contributed by atoms with Gasteiger partial charge in [-0.05, 0) is 57.4 Å². The second-order valence-corrected chi connectivity index (χ2v) is 9.66. The number of hydrogen-bond donors (Lipinski definition) is 3. The van der Waals surface area contributed by atoms with Crippen LogP contribution in [0.2, 0.25) is 0 Å². The first-order valence-corrected chi connectivity index (χ1v) is 12.4. The molecule has 4 N–H and O–H groups in total. The van der Waals surface area contributed by atoms with Crippen LogP contribution in [0.3, 0.4) is 0 Å². The van der Waals surface area contributed by atoms with Gasteiger partial charge in [0.2, 0.25) is 0 Å². The van der Waals surface area contributed by atoms with Crippen molar-refractivity contribution in [2.24, 2.45) is 0 Å². The highest BCUT2D eigenvalue weighted by atomic mass is 16.5. The SMILES string of the molecule is CC(C)NC(=O)Nc1ccc(-c2c(N)c3ccc(OC4CCOCC4)cc3n2C2CCC2)cc1. The molecule has 0 unspecified atom stereocenters. The van der Waals surface area contributed by atoms with Gasteiger partial charge in [-0.25, -0.2) is 4.79 Å². The van der Waals surface area contributed by atoms with E-state index in [0.717, 1.165) is 78.2 Å². The second kappa shape index (κ2) is 9.58. The average molecular weight is 463 g/mol. The van der Waals surface area contributed by atoms with E-state index in [1.165, 1.54) is 6.42 Å². The summed E-state index contributed by atoms with van der Waals surface area (Å²) in [6.07, 6.45) is 5.57. The van der Waals surface area contributed by atoms with E-state index in [0.29, 0.717) is 6.04 Å². The third kappa shape index (κ3) is 4.57. The van der Waals surface area contributed by atoms with Crippen molar-refractivity contribution in [3.63, 3.8) is 0 Å². The number of rotatable bonds is 6. The lowest BCUT2D eigenvalue weighted by Crippen LogP contribution is -2.34. The highest BCUT2D eigenvalue weighted by molar-refractivity contribution is 6.02. The topological polar surface area (TPSA) is 90.5 Å². The number of fused-ring (bicyclic) bond motifs is 1. The number of carbonyl (C=O) groups is 1. The molecule has 0 bridgehead atoms. The van der Waals surface area contributed by atoms with Crippen molar-refractivity contribution in [1.29, 1.82) is 0 Å². The number of anilines is 2. The van der Waals surface area contributed by atoms with Crippen molar-refractivity contribution < 1.29 is 14.3 Å². The maximum atomic E-state index is 12.0. The number of aromatic nitrogens is 1. The predicted octanol–water partition coefficient (Wildman–Crippen LogP) is 5.70. The molecule has 0 radical (unpaired) electrons. The summed E-state index contributed by atoms with van der Waals surface area (Å²) >= 11 is 0. The van der Waals surface area contributed by atoms with Crippen molar-refractivity contribution in [3.05, 3.63) is 42.5 Å². The second-order valence-electron chi connectivity index (χ2n) is 9.66. The maximum absolute atomic E-state index is 12.0. The molecule has 0 atom stereocenters. The van der Waals surface area contributed by atoms with Crippen LogP contribution in [0.25, 0.3) is 22.2 Å². The van der Waals surface area contributed by atoms with Gasteiger partial charge in [-0.3, -0.25) is 0 Å². The van der Waals surface area contributed by atoms with E-state index in [2.05, 4.69) is 27.3 Å². The van der Waals surface area contributed by atoms with Crippen molar-refractivity contribution in [2.45, 2.75) is 64.1 Å². The van der Waals surface area contributed by atoms with Crippen LogP contribution in [0, 0.1) is 0 Å². The van der Waals surface area contributed by atoms with E-state index in [1.807, 2.05) is 44.2 Å². The number of hydrogen-bond acceptors (Lipinski definition) is 4. The summed E-state index contributed by atoms with van der Waals surface area (Å²) in [6, 6.07) is 14.5. The molecule has 1 aromatic heterocycles. The lowest BCUT2D eigenvalue weighted by molar-refractivity contribution is 0.0256. The van der Waals surface area contributed by atoms with Gasteiger partial charge < -0.3 is 30.4 Å². The predicted molar refractivity (Wildman–Crippen MR) is 136 cm³/mol.